The van der Waals surface area contributed by atoms with Crippen LogP contribution >= 0.6 is 15.8 Å². The Morgan fingerprint density at radius 2 is 0.558 bits per heavy atom. The lowest BCUT2D eigenvalue weighted by Crippen LogP contribution is -2.19. The maximum absolute atomic E-state index is 6.48. The van der Waals surface area contributed by atoms with Crippen LogP contribution in [-0.2, 0) is 0 Å². The van der Waals surface area contributed by atoms with Crippen LogP contribution in [0.25, 0.3) is 43.5 Å². The maximum atomic E-state index is 6.48. The van der Waals surface area contributed by atoms with Crippen molar-refractivity contribution in [1.29, 1.82) is 0 Å². The summed E-state index contributed by atoms with van der Waals surface area (Å²) in [6.45, 7) is 0. The molecule has 0 aliphatic heterocycles. The Bertz CT molecular complexity index is 2470. The molecular weight excluding hydrogens is 670 g/mol. The third-order valence-electron chi connectivity index (χ3n) is 9.29. The maximum Gasteiger partial charge on any atom is 0.142 e. The molecule has 2 nitrogen and oxygen atoms in total. The Morgan fingerprint density at radius 3 is 0.904 bits per heavy atom. The van der Waals surface area contributed by atoms with Gasteiger partial charge in [0.1, 0.15) is 22.2 Å². The van der Waals surface area contributed by atoms with Crippen LogP contribution in [0, 0.1) is 0 Å². The summed E-state index contributed by atoms with van der Waals surface area (Å²) < 4.78 is 13.0. The van der Waals surface area contributed by atoms with Gasteiger partial charge in [-0.15, -0.1) is 0 Å². The zero-order chi connectivity index (χ0) is 34.7. The second-order valence-corrected chi connectivity index (χ2v) is 16.9. The first-order valence-corrected chi connectivity index (χ1v) is 20.1. The number of hydrogen-bond donors (Lipinski definition) is 0. The zero-order valence-electron chi connectivity index (χ0n) is 28.3. The lowest BCUT2D eigenvalue weighted by Gasteiger charge is -2.15. The van der Waals surface area contributed by atoms with E-state index in [1.54, 1.807) is 0 Å². The standard InChI is InChI=1S/2C24H17OP/c2*1-3-10-20(11-4-1)26(21-12-5-2-6-13-21)23-17-19-16-15-18-9-7-8-14-22(18)24(19)25-23/h2*1-17H. The molecule has 0 bridgehead atoms. The van der Waals surface area contributed by atoms with E-state index in [0.717, 1.165) is 32.9 Å². The molecule has 0 spiro atoms. The number of benzene rings is 8. The smallest absolute Gasteiger partial charge is 0.142 e. The van der Waals surface area contributed by atoms with Crippen LogP contribution in [0.2, 0.25) is 0 Å². The van der Waals surface area contributed by atoms with Gasteiger partial charge in [0.15, 0.2) is 0 Å². The fraction of sp³-hybridized carbons (Fsp3) is 0. The topological polar surface area (TPSA) is 26.3 Å². The van der Waals surface area contributed by atoms with Crippen molar-refractivity contribution in [1.82, 2.24) is 0 Å². The Morgan fingerprint density at radius 1 is 0.269 bits per heavy atom. The van der Waals surface area contributed by atoms with Crippen molar-refractivity contribution >= 4 is 91.5 Å². The van der Waals surface area contributed by atoms with E-state index in [2.05, 4.69) is 206 Å². The predicted molar refractivity (Wildman–Crippen MR) is 225 cm³/mol. The van der Waals surface area contributed by atoms with Gasteiger partial charge in [-0.05, 0) is 44.1 Å². The summed E-state index contributed by atoms with van der Waals surface area (Å²) in [7, 11) is -1.43. The van der Waals surface area contributed by atoms with E-state index in [4.69, 9.17) is 8.83 Å². The molecule has 2 heterocycles. The number of hydrogen-bond acceptors (Lipinski definition) is 2. The van der Waals surface area contributed by atoms with E-state index in [1.165, 1.54) is 42.8 Å². The normalized spacial score (nSPS) is 11.4. The molecule has 0 aliphatic carbocycles. The molecule has 0 N–H and O–H groups in total. The molecule has 0 saturated heterocycles. The number of rotatable bonds is 6. The van der Waals surface area contributed by atoms with Crippen LogP contribution in [0.3, 0.4) is 0 Å². The molecule has 4 heteroatoms. The van der Waals surface area contributed by atoms with Gasteiger partial charge in [-0.3, -0.25) is 0 Å². The molecule has 0 aliphatic rings. The highest BCUT2D eigenvalue weighted by molar-refractivity contribution is 7.79. The van der Waals surface area contributed by atoms with Crippen molar-refractivity contribution in [3.63, 3.8) is 0 Å². The van der Waals surface area contributed by atoms with E-state index in [0.29, 0.717) is 0 Å². The monoisotopic (exact) mass is 704 g/mol. The minimum Gasteiger partial charge on any atom is -0.455 e. The zero-order valence-corrected chi connectivity index (χ0v) is 30.1. The van der Waals surface area contributed by atoms with Crippen molar-refractivity contribution in [2.75, 3.05) is 0 Å². The number of furan rings is 2. The van der Waals surface area contributed by atoms with E-state index in [-0.39, 0.29) is 0 Å². The van der Waals surface area contributed by atoms with Crippen LogP contribution in [0.4, 0.5) is 0 Å². The highest BCUT2D eigenvalue weighted by atomic mass is 31.1. The van der Waals surface area contributed by atoms with Gasteiger partial charge in [0.25, 0.3) is 0 Å². The van der Waals surface area contributed by atoms with Crippen LogP contribution in [0.5, 0.6) is 0 Å². The van der Waals surface area contributed by atoms with Crippen molar-refractivity contribution < 1.29 is 8.83 Å². The van der Waals surface area contributed by atoms with Gasteiger partial charge in [0.05, 0.1) is 0 Å². The Balaban J connectivity index is 0.000000138. The molecule has 248 valence electrons. The number of fused-ring (bicyclic) bond motifs is 6. The molecular formula is C48H34O2P2. The van der Waals surface area contributed by atoms with Gasteiger partial charge >= 0.3 is 0 Å². The summed E-state index contributed by atoms with van der Waals surface area (Å²) in [5, 5.41) is 12.3. The molecule has 2 aromatic heterocycles. The van der Waals surface area contributed by atoms with Crippen LogP contribution in [-0.4, -0.2) is 0 Å². The van der Waals surface area contributed by atoms with Crippen molar-refractivity contribution in [2.24, 2.45) is 0 Å². The first-order valence-electron chi connectivity index (χ1n) is 17.4. The summed E-state index contributed by atoms with van der Waals surface area (Å²) in [6.07, 6.45) is 0. The first-order chi connectivity index (χ1) is 25.8. The quantitative estimate of drug-likeness (QED) is 0.161. The Hall–Kier alpha value is -5.78. The second kappa shape index (κ2) is 14.5. The molecule has 0 saturated carbocycles. The highest BCUT2D eigenvalue weighted by Gasteiger charge is 2.22. The first kappa shape index (κ1) is 32.1. The van der Waals surface area contributed by atoms with Gasteiger partial charge in [-0.2, -0.15) is 0 Å². The highest BCUT2D eigenvalue weighted by Crippen LogP contribution is 2.38. The van der Waals surface area contributed by atoms with Crippen LogP contribution in [0.15, 0.2) is 215 Å². The summed E-state index contributed by atoms with van der Waals surface area (Å²) in [5.74, 6) is 0. The van der Waals surface area contributed by atoms with Crippen LogP contribution in [0.1, 0.15) is 0 Å². The summed E-state index contributed by atoms with van der Waals surface area (Å²) >= 11 is 0. The van der Waals surface area contributed by atoms with Gasteiger partial charge in [-0.25, -0.2) is 0 Å². The SMILES string of the molecule is c1ccc(P(c2ccccc2)c2cc3ccc4ccccc4c3o2)cc1.c1ccc(P(c2ccccc2)c2cc3ccc4ccccc4c3o2)cc1. The Kier molecular flexibility index (Phi) is 8.94. The third kappa shape index (κ3) is 6.33. The largest absolute Gasteiger partial charge is 0.455 e. The van der Waals surface area contributed by atoms with Gasteiger partial charge in [0, 0.05) is 37.4 Å². The molecule has 0 atom stereocenters. The van der Waals surface area contributed by atoms with Crippen molar-refractivity contribution in [3.8, 4) is 0 Å². The van der Waals surface area contributed by atoms with Gasteiger partial charge in [-0.1, -0.05) is 194 Å². The summed E-state index contributed by atoms with van der Waals surface area (Å²) in [6, 6.07) is 72.6. The van der Waals surface area contributed by atoms with Crippen molar-refractivity contribution in [3.05, 3.63) is 206 Å². The summed E-state index contributed by atoms with van der Waals surface area (Å²) in [4.78, 5) is 0. The molecule has 10 rings (SSSR count). The fourth-order valence-corrected chi connectivity index (χ4v) is 11.2. The van der Waals surface area contributed by atoms with E-state index < -0.39 is 15.8 Å². The average molecular weight is 705 g/mol. The third-order valence-corrected chi connectivity index (χ3v) is 13.9. The predicted octanol–water partition coefficient (Wildman–Crippen LogP) is 10.7. The lowest BCUT2D eigenvalue weighted by atomic mass is 10.1. The van der Waals surface area contributed by atoms with Crippen LogP contribution < -0.4 is 32.2 Å². The molecule has 0 fully saturated rings. The summed E-state index contributed by atoms with van der Waals surface area (Å²) in [5.41, 5.74) is 4.06. The van der Waals surface area contributed by atoms with E-state index >= 15 is 0 Å². The van der Waals surface area contributed by atoms with Gasteiger partial charge < -0.3 is 8.83 Å². The molecule has 8 aromatic carbocycles. The Labute approximate surface area is 305 Å². The molecule has 10 aromatic rings. The molecule has 52 heavy (non-hydrogen) atoms. The van der Waals surface area contributed by atoms with E-state index in [9.17, 15) is 0 Å². The van der Waals surface area contributed by atoms with Crippen molar-refractivity contribution in [2.45, 2.75) is 0 Å². The molecule has 0 radical (unpaired) electrons. The molecule has 0 unspecified atom stereocenters. The van der Waals surface area contributed by atoms with Gasteiger partial charge in [0.2, 0.25) is 0 Å². The average Bonchev–Trinajstić information content (AvgIpc) is 3.85. The minimum atomic E-state index is -0.715. The molecule has 0 amide bonds. The van der Waals surface area contributed by atoms with E-state index in [1.807, 2.05) is 0 Å². The minimum absolute atomic E-state index is 0.715. The lowest BCUT2D eigenvalue weighted by molar-refractivity contribution is 0.658. The fourth-order valence-electron chi connectivity index (χ4n) is 6.84. The second-order valence-electron chi connectivity index (χ2n) is 12.6.